The summed E-state index contributed by atoms with van der Waals surface area (Å²) in [7, 11) is 1.59. The largest absolute Gasteiger partial charge is 0.493 e. The van der Waals surface area contributed by atoms with E-state index in [2.05, 4.69) is 11.8 Å². The van der Waals surface area contributed by atoms with Crippen LogP contribution in [0.1, 0.15) is 36.5 Å². The van der Waals surface area contributed by atoms with E-state index in [0.717, 1.165) is 19.4 Å². The average Bonchev–Trinajstić information content (AvgIpc) is 2.49. The number of hydrogen-bond acceptors (Lipinski definition) is 4. The first-order valence-electron chi connectivity index (χ1n) is 7.25. The van der Waals surface area contributed by atoms with Gasteiger partial charge in [0.05, 0.1) is 12.7 Å². The van der Waals surface area contributed by atoms with Crippen molar-refractivity contribution >= 4 is 6.29 Å². The van der Waals surface area contributed by atoms with Crippen molar-refractivity contribution in [2.24, 2.45) is 0 Å². The molecule has 0 N–H and O–H groups in total. The summed E-state index contributed by atoms with van der Waals surface area (Å²) in [5.74, 6) is 1.16. The molecule has 0 aliphatic carbocycles. The predicted octanol–water partition coefficient (Wildman–Crippen LogP) is 2.76. The molecular formula is C16H23NO3. The summed E-state index contributed by atoms with van der Waals surface area (Å²) in [4.78, 5) is 13.5. The van der Waals surface area contributed by atoms with Gasteiger partial charge in [-0.3, -0.25) is 9.69 Å². The first-order chi connectivity index (χ1) is 9.76. The van der Waals surface area contributed by atoms with E-state index in [1.807, 2.05) is 6.07 Å². The van der Waals surface area contributed by atoms with Gasteiger partial charge in [-0.25, -0.2) is 0 Å². The van der Waals surface area contributed by atoms with Gasteiger partial charge >= 0.3 is 0 Å². The molecule has 20 heavy (non-hydrogen) atoms. The summed E-state index contributed by atoms with van der Waals surface area (Å²) in [6.45, 7) is 4.86. The Morgan fingerprint density at radius 2 is 2.25 bits per heavy atom. The molecule has 1 fully saturated rings. The van der Waals surface area contributed by atoms with Crippen LogP contribution in [0.4, 0.5) is 0 Å². The summed E-state index contributed by atoms with van der Waals surface area (Å²) in [6.07, 6.45) is 4.65. The summed E-state index contributed by atoms with van der Waals surface area (Å²) in [5.41, 5.74) is 0.538. The van der Waals surface area contributed by atoms with E-state index >= 15 is 0 Å². The lowest BCUT2D eigenvalue weighted by Crippen LogP contribution is -2.39. The lowest BCUT2D eigenvalue weighted by molar-refractivity contribution is 0.111. The molecule has 0 aromatic heterocycles. The highest BCUT2D eigenvalue weighted by Crippen LogP contribution is 2.30. The Bertz CT molecular complexity index is 447. The molecule has 4 nitrogen and oxygen atoms in total. The van der Waals surface area contributed by atoms with Gasteiger partial charge in [-0.05, 0) is 38.4 Å². The van der Waals surface area contributed by atoms with Crippen molar-refractivity contribution in [3.63, 3.8) is 0 Å². The Labute approximate surface area is 120 Å². The molecule has 110 valence electrons. The lowest BCUT2D eigenvalue weighted by Gasteiger charge is -2.33. The first kappa shape index (κ1) is 14.9. The van der Waals surface area contributed by atoms with Crippen LogP contribution < -0.4 is 9.47 Å². The van der Waals surface area contributed by atoms with Crippen LogP contribution in [0.3, 0.4) is 0 Å². The molecule has 1 heterocycles. The van der Waals surface area contributed by atoms with Crippen molar-refractivity contribution in [1.29, 1.82) is 0 Å². The summed E-state index contributed by atoms with van der Waals surface area (Å²) >= 11 is 0. The fourth-order valence-corrected chi connectivity index (χ4v) is 2.70. The van der Waals surface area contributed by atoms with Gasteiger partial charge in [0.25, 0.3) is 0 Å². The van der Waals surface area contributed by atoms with Crippen LogP contribution in [0.15, 0.2) is 18.2 Å². The zero-order valence-electron chi connectivity index (χ0n) is 12.3. The van der Waals surface area contributed by atoms with Crippen molar-refractivity contribution in [3.8, 4) is 11.5 Å². The molecule has 1 aliphatic heterocycles. The van der Waals surface area contributed by atoms with Gasteiger partial charge in [0.15, 0.2) is 17.8 Å². The minimum atomic E-state index is 0.538. The number of aldehydes is 1. The van der Waals surface area contributed by atoms with E-state index in [0.29, 0.717) is 29.7 Å². The Hall–Kier alpha value is -1.55. The molecule has 0 unspecified atom stereocenters. The van der Waals surface area contributed by atoms with Gasteiger partial charge in [0.1, 0.15) is 6.61 Å². The molecule has 0 amide bonds. The molecule has 4 heteroatoms. The summed E-state index contributed by atoms with van der Waals surface area (Å²) in [5, 5.41) is 0. The zero-order valence-corrected chi connectivity index (χ0v) is 12.3. The number of ether oxygens (including phenoxy) is 2. The lowest BCUT2D eigenvalue weighted by atomic mass is 10.0. The number of hydrogen-bond donors (Lipinski definition) is 0. The van der Waals surface area contributed by atoms with E-state index in [1.54, 1.807) is 19.2 Å². The number of benzene rings is 1. The minimum Gasteiger partial charge on any atom is -0.493 e. The fraction of sp³-hybridized carbons (Fsp3) is 0.562. The first-order valence-corrected chi connectivity index (χ1v) is 7.25. The highest BCUT2D eigenvalue weighted by molar-refractivity contribution is 5.81. The molecule has 1 aromatic rings. The number of piperidine rings is 1. The SMILES string of the molecule is COc1cccc(C=O)c1OCCN1CCCC[C@H]1C. The Kier molecular flexibility index (Phi) is 5.41. The van der Waals surface area contributed by atoms with Crippen molar-refractivity contribution in [2.45, 2.75) is 32.2 Å². The topological polar surface area (TPSA) is 38.8 Å². The molecule has 1 aromatic carbocycles. The van der Waals surface area contributed by atoms with E-state index in [9.17, 15) is 4.79 Å². The van der Waals surface area contributed by atoms with Gasteiger partial charge in [-0.1, -0.05) is 12.5 Å². The zero-order chi connectivity index (χ0) is 14.4. The third-order valence-corrected chi connectivity index (χ3v) is 3.92. The number of likely N-dealkylation sites (tertiary alicyclic amines) is 1. The predicted molar refractivity (Wildman–Crippen MR) is 78.8 cm³/mol. The van der Waals surface area contributed by atoms with E-state index in [4.69, 9.17) is 9.47 Å². The molecule has 1 aliphatic rings. The standard InChI is InChI=1S/C16H23NO3/c1-13-6-3-4-9-17(13)10-11-20-16-14(12-18)7-5-8-15(16)19-2/h5,7-8,12-13H,3-4,6,9-11H2,1-2H3/t13-/m1/s1. The maximum Gasteiger partial charge on any atom is 0.171 e. The molecule has 2 rings (SSSR count). The quantitative estimate of drug-likeness (QED) is 0.749. The highest BCUT2D eigenvalue weighted by atomic mass is 16.5. The van der Waals surface area contributed by atoms with Crippen molar-refractivity contribution in [2.75, 3.05) is 26.8 Å². The Morgan fingerprint density at radius 1 is 1.40 bits per heavy atom. The monoisotopic (exact) mass is 277 g/mol. The van der Waals surface area contributed by atoms with E-state index in [1.165, 1.54) is 19.3 Å². The van der Waals surface area contributed by atoms with Gasteiger partial charge < -0.3 is 9.47 Å². The number of carbonyl (C=O) groups excluding carboxylic acids is 1. The molecule has 0 spiro atoms. The molecule has 1 atom stereocenters. The minimum absolute atomic E-state index is 0.538. The second-order valence-electron chi connectivity index (χ2n) is 5.23. The van der Waals surface area contributed by atoms with Crippen LogP contribution in [0.5, 0.6) is 11.5 Å². The fourth-order valence-electron chi connectivity index (χ4n) is 2.70. The van der Waals surface area contributed by atoms with Crippen molar-refractivity contribution in [1.82, 2.24) is 4.90 Å². The second kappa shape index (κ2) is 7.29. The number of carbonyl (C=O) groups is 1. The summed E-state index contributed by atoms with van der Waals surface area (Å²) < 4.78 is 11.1. The maximum absolute atomic E-state index is 11.1. The second-order valence-corrected chi connectivity index (χ2v) is 5.23. The molecule has 0 saturated carbocycles. The van der Waals surface area contributed by atoms with Gasteiger partial charge in [0.2, 0.25) is 0 Å². The van der Waals surface area contributed by atoms with Crippen molar-refractivity contribution in [3.05, 3.63) is 23.8 Å². The third-order valence-electron chi connectivity index (χ3n) is 3.92. The number of para-hydroxylation sites is 1. The molecule has 0 radical (unpaired) electrons. The maximum atomic E-state index is 11.1. The van der Waals surface area contributed by atoms with Gasteiger partial charge in [-0.15, -0.1) is 0 Å². The van der Waals surface area contributed by atoms with Gasteiger partial charge in [0, 0.05) is 12.6 Å². The van der Waals surface area contributed by atoms with Gasteiger partial charge in [-0.2, -0.15) is 0 Å². The van der Waals surface area contributed by atoms with Crippen LogP contribution in [0.25, 0.3) is 0 Å². The molecule has 1 saturated heterocycles. The van der Waals surface area contributed by atoms with Crippen LogP contribution in [0, 0.1) is 0 Å². The third kappa shape index (κ3) is 3.51. The van der Waals surface area contributed by atoms with Crippen LogP contribution in [-0.2, 0) is 0 Å². The molecular weight excluding hydrogens is 254 g/mol. The van der Waals surface area contributed by atoms with E-state index < -0.39 is 0 Å². The average molecular weight is 277 g/mol. The normalized spacial score (nSPS) is 19.6. The van der Waals surface area contributed by atoms with Crippen LogP contribution in [-0.4, -0.2) is 44.0 Å². The van der Waals surface area contributed by atoms with Crippen LogP contribution in [0.2, 0.25) is 0 Å². The number of nitrogens with zero attached hydrogens (tertiary/aromatic N) is 1. The van der Waals surface area contributed by atoms with Crippen LogP contribution >= 0.6 is 0 Å². The van der Waals surface area contributed by atoms with Crippen molar-refractivity contribution < 1.29 is 14.3 Å². The van der Waals surface area contributed by atoms with E-state index in [-0.39, 0.29) is 0 Å². The Morgan fingerprint density at radius 3 is 2.95 bits per heavy atom. The summed E-state index contributed by atoms with van der Waals surface area (Å²) in [6, 6.07) is 5.97. The number of methoxy groups -OCH3 is 1. The number of rotatable bonds is 6. The Balaban J connectivity index is 1.94. The smallest absolute Gasteiger partial charge is 0.171 e. The molecule has 0 bridgehead atoms. The highest BCUT2D eigenvalue weighted by Gasteiger charge is 2.18.